The van der Waals surface area contributed by atoms with E-state index in [1.807, 2.05) is 36.4 Å². The van der Waals surface area contributed by atoms with Crippen LogP contribution in [0.5, 0.6) is 0 Å². The summed E-state index contributed by atoms with van der Waals surface area (Å²) >= 11 is 9.50. The maximum absolute atomic E-state index is 13.1. The summed E-state index contributed by atoms with van der Waals surface area (Å²) in [6.45, 7) is 2.37. The lowest BCUT2D eigenvalue weighted by molar-refractivity contribution is 0.0929. The summed E-state index contributed by atoms with van der Waals surface area (Å²) in [5.74, 6) is -0.171. The number of aromatic nitrogens is 2. The van der Waals surface area contributed by atoms with E-state index < -0.39 is 0 Å². The Kier molecular flexibility index (Phi) is 7.47. The van der Waals surface area contributed by atoms with Crippen LogP contribution in [0.15, 0.2) is 59.2 Å². The van der Waals surface area contributed by atoms with Crippen molar-refractivity contribution in [1.82, 2.24) is 15.1 Å². The van der Waals surface area contributed by atoms with Gasteiger partial charge in [-0.15, -0.1) is 0 Å². The number of amides is 1. The SMILES string of the molecule is CCC[C@H](NC(=O)c1cnn(-c2ccc(Cl)cc2)c1COC)c1cccc(Br)c1. The fourth-order valence-electron chi connectivity index (χ4n) is 3.21. The summed E-state index contributed by atoms with van der Waals surface area (Å²) in [6, 6.07) is 15.2. The van der Waals surface area contributed by atoms with E-state index >= 15 is 0 Å². The van der Waals surface area contributed by atoms with Crippen molar-refractivity contribution >= 4 is 33.4 Å². The third-order valence-electron chi connectivity index (χ3n) is 4.60. The van der Waals surface area contributed by atoms with Gasteiger partial charge in [-0.25, -0.2) is 4.68 Å². The molecule has 2 aromatic carbocycles. The Bertz CT molecular complexity index is 972. The molecule has 1 N–H and O–H groups in total. The van der Waals surface area contributed by atoms with Gasteiger partial charge in [0.1, 0.15) is 0 Å². The Morgan fingerprint density at radius 1 is 1.28 bits per heavy atom. The van der Waals surface area contributed by atoms with Crippen molar-refractivity contribution < 1.29 is 9.53 Å². The molecule has 0 saturated heterocycles. The summed E-state index contributed by atoms with van der Waals surface area (Å²) in [5.41, 5.74) is 3.07. The molecule has 3 aromatic rings. The van der Waals surface area contributed by atoms with Crippen molar-refractivity contribution in [2.24, 2.45) is 0 Å². The highest BCUT2D eigenvalue weighted by Gasteiger charge is 2.22. The predicted molar refractivity (Wildman–Crippen MR) is 119 cm³/mol. The van der Waals surface area contributed by atoms with Crippen LogP contribution in [0.3, 0.4) is 0 Å². The van der Waals surface area contributed by atoms with Gasteiger partial charge >= 0.3 is 0 Å². The molecule has 0 fully saturated rings. The number of hydrogen-bond acceptors (Lipinski definition) is 3. The molecule has 0 unspecified atom stereocenters. The summed E-state index contributed by atoms with van der Waals surface area (Å²) < 4.78 is 8.04. The van der Waals surface area contributed by atoms with Gasteiger partial charge in [0.15, 0.2) is 0 Å². The highest BCUT2D eigenvalue weighted by atomic mass is 79.9. The van der Waals surface area contributed by atoms with Crippen LogP contribution in [0.4, 0.5) is 0 Å². The zero-order chi connectivity index (χ0) is 20.8. The average Bonchev–Trinajstić information content (AvgIpc) is 3.12. The molecule has 0 saturated carbocycles. The third kappa shape index (κ3) is 5.26. The summed E-state index contributed by atoms with van der Waals surface area (Å²) in [7, 11) is 1.60. The van der Waals surface area contributed by atoms with E-state index in [1.165, 1.54) is 0 Å². The first-order valence-corrected chi connectivity index (χ1v) is 10.6. The summed E-state index contributed by atoms with van der Waals surface area (Å²) in [4.78, 5) is 13.1. The van der Waals surface area contributed by atoms with Crippen molar-refractivity contribution in [3.8, 4) is 5.69 Å². The van der Waals surface area contributed by atoms with Gasteiger partial charge < -0.3 is 10.1 Å². The van der Waals surface area contributed by atoms with Crippen LogP contribution < -0.4 is 5.32 Å². The average molecular weight is 477 g/mol. The van der Waals surface area contributed by atoms with E-state index in [4.69, 9.17) is 16.3 Å². The molecular weight excluding hydrogens is 454 g/mol. The Morgan fingerprint density at radius 3 is 2.69 bits per heavy atom. The number of carbonyl (C=O) groups excluding carboxylic acids is 1. The van der Waals surface area contributed by atoms with Gasteiger partial charge in [-0.05, 0) is 48.4 Å². The lowest BCUT2D eigenvalue weighted by Crippen LogP contribution is -2.29. The molecular formula is C22H23BrClN3O2. The van der Waals surface area contributed by atoms with Crippen molar-refractivity contribution in [2.75, 3.05) is 7.11 Å². The second-order valence-corrected chi connectivity index (χ2v) is 8.05. The van der Waals surface area contributed by atoms with Gasteiger partial charge in [-0.2, -0.15) is 5.10 Å². The lowest BCUT2D eigenvalue weighted by atomic mass is 10.0. The maximum Gasteiger partial charge on any atom is 0.255 e. The van der Waals surface area contributed by atoms with E-state index in [1.54, 1.807) is 30.1 Å². The largest absolute Gasteiger partial charge is 0.378 e. The van der Waals surface area contributed by atoms with Crippen LogP contribution in [0, 0.1) is 0 Å². The number of hydrogen-bond donors (Lipinski definition) is 1. The minimum absolute atomic E-state index is 0.0840. The molecule has 1 amide bonds. The number of benzene rings is 2. The van der Waals surface area contributed by atoms with E-state index in [2.05, 4.69) is 33.3 Å². The molecule has 1 aromatic heterocycles. The van der Waals surface area contributed by atoms with Crippen LogP contribution in [0.25, 0.3) is 5.69 Å². The van der Waals surface area contributed by atoms with Crippen LogP contribution in [0.1, 0.15) is 47.4 Å². The van der Waals surface area contributed by atoms with Gasteiger partial charge in [0, 0.05) is 16.6 Å². The van der Waals surface area contributed by atoms with E-state index in [9.17, 15) is 4.79 Å². The topological polar surface area (TPSA) is 56.2 Å². The van der Waals surface area contributed by atoms with Crippen molar-refractivity contribution in [3.05, 3.63) is 81.0 Å². The second-order valence-electron chi connectivity index (χ2n) is 6.70. The van der Waals surface area contributed by atoms with E-state index in [0.29, 0.717) is 16.3 Å². The highest BCUT2D eigenvalue weighted by Crippen LogP contribution is 2.24. The van der Waals surface area contributed by atoms with Crippen LogP contribution in [0.2, 0.25) is 5.02 Å². The molecule has 0 bridgehead atoms. The molecule has 0 aliphatic heterocycles. The van der Waals surface area contributed by atoms with Gasteiger partial charge in [0.05, 0.1) is 35.8 Å². The van der Waals surface area contributed by atoms with Gasteiger partial charge in [0.2, 0.25) is 0 Å². The first kappa shape index (κ1) is 21.6. The zero-order valence-corrected chi connectivity index (χ0v) is 18.7. The van der Waals surface area contributed by atoms with Crippen molar-refractivity contribution in [3.63, 3.8) is 0 Å². The monoisotopic (exact) mass is 475 g/mol. The molecule has 152 valence electrons. The van der Waals surface area contributed by atoms with Crippen molar-refractivity contribution in [1.29, 1.82) is 0 Å². The fourth-order valence-corrected chi connectivity index (χ4v) is 3.76. The number of methoxy groups -OCH3 is 1. The summed E-state index contributed by atoms with van der Waals surface area (Å²) in [6.07, 6.45) is 3.38. The number of rotatable bonds is 8. The first-order valence-electron chi connectivity index (χ1n) is 9.41. The Labute approximate surface area is 184 Å². The molecule has 1 atom stereocenters. The van der Waals surface area contributed by atoms with Gasteiger partial charge in [-0.1, -0.05) is 53.0 Å². The van der Waals surface area contributed by atoms with Gasteiger partial charge in [0.25, 0.3) is 5.91 Å². The number of halogens is 2. The molecule has 0 aliphatic carbocycles. The minimum atomic E-state index is -0.171. The molecule has 1 heterocycles. The Hall–Kier alpha value is -2.15. The van der Waals surface area contributed by atoms with E-state index in [0.717, 1.165) is 28.6 Å². The fraction of sp³-hybridized carbons (Fsp3) is 0.273. The quantitative estimate of drug-likeness (QED) is 0.453. The van der Waals surface area contributed by atoms with Gasteiger partial charge in [-0.3, -0.25) is 4.79 Å². The van der Waals surface area contributed by atoms with Crippen LogP contribution >= 0.6 is 27.5 Å². The first-order chi connectivity index (χ1) is 14.0. The van der Waals surface area contributed by atoms with E-state index in [-0.39, 0.29) is 18.6 Å². The number of nitrogens with one attached hydrogen (secondary N) is 1. The lowest BCUT2D eigenvalue weighted by Gasteiger charge is -2.19. The highest BCUT2D eigenvalue weighted by molar-refractivity contribution is 9.10. The predicted octanol–water partition coefficient (Wildman–Crippen LogP) is 5.71. The minimum Gasteiger partial charge on any atom is -0.378 e. The van der Waals surface area contributed by atoms with Crippen LogP contribution in [-0.4, -0.2) is 22.8 Å². The molecule has 0 aliphatic rings. The molecule has 7 heteroatoms. The number of nitrogens with zero attached hydrogens (tertiary/aromatic N) is 2. The molecule has 5 nitrogen and oxygen atoms in total. The third-order valence-corrected chi connectivity index (χ3v) is 5.34. The Balaban J connectivity index is 1.90. The summed E-state index contributed by atoms with van der Waals surface area (Å²) in [5, 5.41) is 8.22. The van der Waals surface area contributed by atoms with Crippen molar-refractivity contribution in [2.45, 2.75) is 32.4 Å². The zero-order valence-electron chi connectivity index (χ0n) is 16.4. The number of carbonyl (C=O) groups is 1. The normalized spacial score (nSPS) is 12.0. The molecule has 0 spiro atoms. The number of ether oxygens (including phenoxy) is 1. The molecule has 0 radical (unpaired) electrons. The standard InChI is InChI=1S/C22H23BrClN3O2/c1-3-5-20(15-6-4-7-16(23)12-15)26-22(28)19-13-25-27(21(19)14-29-2)18-10-8-17(24)9-11-18/h4,6-13,20H,3,5,14H2,1-2H3,(H,26,28)/t20-/m0/s1. The smallest absolute Gasteiger partial charge is 0.255 e. The maximum atomic E-state index is 13.1. The molecule has 29 heavy (non-hydrogen) atoms. The Morgan fingerprint density at radius 2 is 2.03 bits per heavy atom. The second kappa shape index (κ2) is 10.1. The molecule has 3 rings (SSSR count). The van der Waals surface area contributed by atoms with Crippen LogP contribution in [-0.2, 0) is 11.3 Å².